The fourth-order valence-electron chi connectivity index (χ4n) is 3.01. The first-order chi connectivity index (χ1) is 13.1. The molecular weight excluding hydrogens is 346 g/mol. The van der Waals surface area contributed by atoms with Crippen molar-refractivity contribution in [1.82, 2.24) is 25.3 Å². The number of aromatic nitrogens is 4. The van der Waals surface area contributed by atoms with Crippen LogP contribution >= 0.6 is 0 Å². The minimum absolute atomic E-state index is 0.107. The summed E-state index contributed by atoms with van der Waals surface area (Å²) in [6, 6.07) is 11.3. The molecule has 27 heavy (non-hydrogen) atoms. The third-order valence-corrected chi connectivity index (χ3v) is 4.38. The van der Waals surface area contributed by atoms with Gasteiger partial charge in [0, 0.05) is 31.3 Å². The van der Waals surface area contributed by atoms with Gasteiger partial charge in [-0.2, -0.15) is 5.10 Å². The van der Waals surface area contributed by atoms with E-state index in [0.717, 1.165) is 29.0 Å². The van der Waals surface area contributed by atoms with Gasteiger partial charge in [-0.25, -0.2) is 0 Å². The van der Waals surface area contributed by atoms with Gasteiger partial charge < -0.3 is 14.8 Å². The number of hydrogen-bond acceptors (Lipinski definition) is 6. The molecule has 1 aliphatic rings. The number of benzene rings is 1. The highest BCUT2D eigenvalue weighted by molar-refractivity contribution is 5.92. The fraction of sp³-hybridized carbons (Fsp3) is 0.263. The molecular formula is C19H19N5O3. The third kappa shape index (κ3) is 3.59. The Morgan fingerprint density at radius 1 is 1.30 bits per heavy atom. The number of nitrogens with one attached hydrogen (secondary N) is 1. The molecule has 1 N–H and O–H groups in total. The molecule has 0 unspecified atom stereocenters. The van der Waals surface area contributed by atoms with Crippen LogP contribution in [0.15, 0.2) is 42.6 Å². The van der Waals surface area contributed by atoms with Gasteiger partial charge in [-0.1, -0.05) is 0 Å². The quantitative estimate of drug-likeness (QED) is 0.739. The predicted octanol–water partition coefficient (Wildman–Crippen LogP) is 1.62. The summed E-state index contributed by atoms with van der Waals surface area (Å²) in [5, 5.41) is 15.1. The number of fused-ring (bicyclic) bond motifs is 1. The van der Waals surface area contributed by atoms with E-state index in [1.54, 1.807) is 37.2 Å². The zero-order chi connectivity index (χ0) is 18.8. The van der Waals surface area contributed by atoms with Gasteiger partial charge in [-0.3, -0.25) is 9.48 Å². The topological polar surface area (TPSA) is 91.2 Å². The molecule has 0 aliphatic carbocycles. The maximum Gasteiger partial charge on any atom is 0.271 e. The predicted molar refractivity (Wildman–Crippen MR) is 97.7 cm³/mol. The largest absolute Gasteiger partial charge is 0.488 e. The summed E-state index contributed by atoms with van der Waals surface area (Å²) in [5.41, 5.74) is 3.21. The molecule has 0 spiro atoms. The van der Waals surface area contributed by atoms with E-state index in [-0.39, 0.29) is 12.0 Å². The molecule has 138 valence electrons. The van der Waals surface area contributed by atoms with Crippen molar-refractivity contribution >= 4 is 5.91 Å². The lowest BCUT2D eigenvalue weighted by molar-refractivity contribution is 0.0928. The van der Waals surface area contributed by atoms with Gasteiger partial charge in [0.25, 0.3) is 5.91 Å². The minimum Gasteiger partial charge on any atom is -0.488 e. The Labute approximate surface area is 156 Å². The van der Waals surface area contributed by atoms with Crippen molar-refractivity contribution in [3.8, 4) is 22.9 Å². The van der Waals surface area contributed by atoms with Gasteiger partial charge >= 0.3 is 0 Å². The van der Waals surface area contributed by atoms with Crippen molar-refractivity contribution in [3.05, 3.63) is 53.9 Å². The smallest absolute Gasteiger partial charge is 0.271 e. The lowest BCUT2D eigenvalue weighted by Gasteiger charge is -2.11. The fourth-order valence-corrected chi connectivity index (χ4v) is 3.01. The average Bonchev–Trinajstić information content (AvgIpc) is 3.31. The molecule has 1 atom stereocenters. The molecule has 1 aliphatic heterocycles. The van der Waals surface area contributed by atoms with Crippen LogP contribution in [0, 0.1) is 0 Å². The number of carbonyl (C=O) groups excluding carboxylic acids is 1. The number of amides is 1. The normalized spacial score (nSPS) is 15.1. The molecule has 3 heterocycles. The van der Waals surface area contributed by atoms with Crippen LogP contribution in [0.4, 0.5) is 0 Å². The van der Waals surface area contributed by atoms with E-state index in [0.29, 0.717) is 18.1 Å². The van der Waals surface area contributed by atoms with Crippen LogP contribution in [0.5, 0.6) is 11.6 Å². The molecule has 1 aromatic carbocycles. The minimum atomic E-state index is -0.204. The number of methoxy groups -OCH3 is 1. The van der Waals surface area contributed by atoms with Crippen LogP contribution in [0.25, 0.3) is 11.3 Å². The van der Waals surface area contributed by atoms with Crippen molar-refractivity contribution in [2.75, 3.05) is 13.7 Å². The van der Waals surface area contributed by atoms with Gasteiger partial charge in [-0.15, -0.1) is 10.2 Å². The van der Waals surface area contributed by atoms with Gasteiger partial charge in [0.2, 0.25) is 5.88 Å². The van der Waals surface area contributed by atoms with Gasteiger partial charge in [-0.05, 0) is 35.9 Å². The van der Waals surface area contributed by atoms with Gasteiger partial charge in [0.15, 0.2) is 0 Å². The maximum atomic E-state index is 12.1. The summed E-state index contributed by atoms with van der Waals surface area (Å²) < 4.78 is 12.6. The Morgan fingerprint density at radius 3 is 2.89 bits per heavy atom. The van der Waals surface area contributed by atoms with Crippen molar-refractivity contribution in [1.29, 1.82) is 0 Å². The average molecular weight is 365 g/mol. The number of nitrogens with zero attached hydrogens (tertiary/aromatic N) is 4. The lowest BCUT2D eigenvalue weighted by atomic mass is 10.0. The van der Waals surface area contributed by atoms with Crippen molar-refractivity contribution in [2.24, 2.45) is 7.05 Å². The highest BCUT2D eigenvalue weighted by Gasteiger charge is 2.24. The first kappa shape index (κ1) is 17.0. The van der Waals surface area contributed by atoms with Crippen molar-refractivity contribution < 1.29 is 14.3 Å². The van der Waals surface area contributed by atoms with Crippen LogP contribution in [0.1, 0.15) is 16.1 Å². The summed E-state index contributed by atoms with van der Waals surface area (Å²) in [5.74, 6) is 1.11. The summed E-state index contributed by atoms with van der Waals surface area (Å²) in [4.78, 5) is 12.1. The van der Waals surface area contributed by atoms with E-state index in [1.807, 2.05) is 24.3 Å². The third-order valence-electron chi connectivity index (χ3n) is 4.38. The molecule has 0 saturated heterocycles. The van der Waals surface area contributed by atoms with Crippen molar-refractivity contribution in [3.63, 3.8) is 0 Å². The summed E-state index contributed by atoms with van der Waals surface area (Å²) in [6.07, 6.45) is 2.35. The first-order valence-electron chi connectivity index (χ1n) is 8.58. The molecule has 8 heteroatoms. The second-order valence-corrected chi connectivity index (χ2v) is 6.31. The Morgan fingerprint density at radius 2 is 2.19 bits per heavy atom. The number of carbonyl (C=O) groups is 1. The molecule has 0 bridgehead atoms. The molecule has 4 rings (SSSR count). The molecule has 0 radical (unpaired) electrons. The number of ether oxygens (including phenoxy) is 2. The van der Waals surface area contributed by atoms with Crippen LogP contribution in [-0.4, -0.2) is 45.6 Å². The van der Waals surface area contributed by atoms with Crippen molar-refractivity contribution in [2.45, 2.75) is 12.5 Å². The van der Waals surface area contributed by atoms with Crippen LogP contribution in [-0.2, 0) is 13.5 Å². The highest BCUT2D eigenvalue weighted by Crippen LogP contribution is 2.32. The molecule has 8 nitrogen and oxygen atoms in total. The zero-order valence-corrected chi connectivity index (χ0v) is 15.0. The molecule has 0 fully saturated rings. The monoisotopic (exact) mass is 365 g/mol. The number of hydrogen-bond donors (Lipinski definition) is 1. The standard InChI is InChI=1S/C19H19N5O3/c1-24-8-7-16(23-24)19(25)20-11-14-10-13-9-12(3-5-17(13)27-14)15-4-6-18(26-2)22-21-15/h3-9,14H,10-11H2,1-2H3,(H,20,25)/t14-/m0/s1. The Kier molecular flexibility index (Phi) is 4.45. The van der Waals surface area contributed by atoms with E-state index in [4.69, 9.17) is 9.47 Å². The SMILES string of the molecule is COc1ccc(-c2ccc3c(c2)C[C@@H](CNC(=O)c2ccn(C)n2)O3)nn1. The number of rotatable bonds is 5. The lowest BCUT2D eigenvalue weighted by Crippen LogP contribution is -2.34. The Balaban J connectivity index is 1.40. The van der Waals surface area contributed by atoms with Crippen LogP contribution in [0.3, 0.4) is 0 Å². The summed E-state index contributed by atoms with van der Waals surface area (Å²) in [7, 11) is 3.33. The highest BCUT2D eigenvalue weighted by atomic mass is 16.5. The molecule has 2 aromatic heterocycles. The molecule has 3 aromatic rings. The summed E-state index contributed by atoms with van der Waals surface area (Å²) >= 11 is 0. The summed E-state index contributed by atoms with van der Waals surface area (Å²) in [6.45, 7) is 0.418. The van der Waals surface area contributed by atoms with E-state index < -0.39 is 0 Å². The Bertz CT molecular complexity index is 968. The van der Waals surface area contributed by atoms with Crippen LogP contribution < -0.4 is 14.8 Å². The van der Waals surface area contributed by atoms with E-state index in [2.05, 4.69) is 20.6 Å². The van der Waals surface area contributed by atoms with E-state index in [9.17, 15) is 4.79 Å². The number of aryl methyl sites for hydroxylation is 1. The second-order valence-electron chi connectivity index (χ2n) is 6.31. The molecule has 1 amide bonds. The Hall–Kier alpha value is -3.42. The molecule has 0 saturated carbocycles. The van der Waals surface area contributed by atoms with Gasteiger partial charge in [0.05, 0.1) is 19.3 Å². The first-order valence-corrected chi connectivity index (χ1v) is 8.58. The van der Waals surface area contributed by atoms with E-state index in [1.165, 1.54) is 0 Å². The maximum absolute atomic E-state index is 12.1. The second kappa shape index (κ2) is 7.06. The van der Waals surface area contributed by atoms with Crippen LogP contribution in [0.2, 0.25) is 0 Å². The van der Waals surface area contributed by atoms with E-state index >= 15 is 0 Å². The van der Waals surface area contributed by atoms with Gasteiger partial charge in [0.1, 0.15) is 17.5 Å². The zero-order valence-electron chi connectivity index (χ0n) is 15.0.